The summed E-state index contributed by atoms with van der Waals surface area (Å²) in [5.41, 5.74) is 4.77. The van der Waals surface area contributed by atoms with E-state index in [2.05, 4.69) is 11.3 Å². The number of halogens is 2. The number of ether oxygens (including phenoxy) is 1. The van der Waals surface area contributed by atoms with E-state index in [1.807, 2.05) is 24.7 Å². The lowest BCUT2D eigenvalue weighted by Crippen LogP contribution is -2.25. The number of fused-ring (bicyclic) bond motifs is 1. The molecule has 1 aliphatic heterocycles. The second-order valence-corrected chi connectivity index (χ2v) is 10.2. The zero-order valence-electron chi connectivity index (χ0n) is 19.7. The minimum Gasteiger partial charge on any atom is -0.373 e. The molecule has 0 amide bonds. The Kier molecular flexibility index (Phi) is 5.35. The smallest absolute Gasteiger partial charge is 0.248 e. The molecule has 2 unspecified atom stereocenters. The quantitative estimate of drug-likeness (QED) is 0.503. The van der Waals surface area contributed by atoms with Gasteiger partial charge in [-0.1, -0.05) is 0 Å². The third kappa shape index (κ3) is 4.19. The van der Waals surface area contributed by atoms with E-state index in [0.717, 1.165) is 41.3 Å². The maximum Gasteiger partial charge on any atom is 0.248 e. The number of aryl methyl sites for hydroxylation is 2. The lowest BCUT2D eigenvalue weighted by molar-refractivity contribution is -0.0384. The van der Waals surface area contributed by atoms with Gasteiger partial charge in [0.2, 0.25) is 5.92 Å². The van der Waals surface area contributed by atoms with Gasteiger partial charge in [-0.3, -0.25) is 4.68 Å². The first kappa shape index (κ1) is 21.9. The van der Waals surface area contributed by atoms with Crippen LogP contribution >= 0.6 is 0 Å². The van der Waals surface area contributed by atoms with E-state index in [9.17, 15) is 8.78 Å². The van der Waals surface area contributed by atoms with Crippen LogP contribution < -0.4 is 0 Å². The summed E-state index contributed by atoms with van der Waals surface area (Å²) in [7, 11) is 0. The fourth-order valence-electron chi connectivity index (χ4n) is 5.25. The first-order valence-electron chi connectivity index (χ1n) is 12.4. The van der Waals surface area contributed by atoms with Crippen LogP contribution in [0.4, 0.5) is 8.78 Å². The van der Waals surface area contributed by atoms with Gasteiger partial charge < -0.3 is 4.74 Å². The average Bonchev–Trinajstić information content (AvgIpc) is 3.56. The highest BCUT2D eigenvalue weighted by Gasteiger charge is 2.37. The molecule has 9 heteroatoms. The van der Waals surface area contributed by atoms with E-state index in [-0.39, 0.29) is 30.8 Å². The summed E-state index contributed by atoms with van der Waals surface area (Å²) in [5.74, 6) is -1.79. The molecule has 0 radical (unpaired) electrons. The third-order valence-electron chi connectivity index (χ3n) is 7.65. The van der Waals surface area contributed by atoms with Crippen molar-refractivity contribution in [1.29, 1.82) is 0 Å². The van der Waals surface area contributed by atoms with Gasteiger partial charge in [0.1, 0.15) is 11.3 Å². The van der Waals surface area contributed by atoms with Crippen LogP contribution in [0.15, 0.2) is 12.4 Å². The zero-order valence-corrected chi connectivity index (χ0v) is 19.7. The Balaban J connectivity index is 1.33. The monoisotopic (exact) mass is 468 g/mol. The predicted octanol–water partition coefficient (Wildman–Crippen LogP) is 5.50. The lowest BCUT2D eigenvalue weighted by Gasteiger charge is -2.30. The van der Waals surface area contributed by atoms with Gasteiger partial charge in [-0.25, -0.2) is 28.7 Å². The van der Waals surface area contributed by atoms with Gasteiger partial charge in [0.25, 0.3) is 0 Å². The van der Waals surface area contributed by atoms with Crippen LogP contribution in [0, 0.1) is 13.8 Å². The minimum absolute atomic E-state index is 0.0480. The standard InChI is InChI=1S/C25H30F2N6O/c1-14-15(2)30-24-22(29-14)21(16-5-8-25(26,27)9-6-16)31-23(32-24)17-7-10-34-20(11-17)18-12-28-33(13-18)19-3-4-19/h12-13,16-17,19-20H,3-11H2,1-2H3. The molecule has 0 aromatic carbocycles. The highest BCUT2D eigenvalue weighted by Crippen LogP contribution is 2.43. The van der Waals surface area contributed by atoms with Gasteiger partial charge in [0.15, 0.2) is 5.65 Å². The van der Waals surface area contributed by atoms with E-state index >= 15 is 0 Å². The summed E-state index contributed by atoms with van der Waals surface area (Å²) in [4.78, 5) is 19.3. The summed E-state index contributed by atoms with van der Waals surface area (Å²) in [6.07, 6.45) is 8.53. The van der Waals surface area contributed by atoms with Crippen molar-refractivity contribution >= 4 is 11.2 Å². The van der Waals surface area contributed by atoms with Gasteiger partial charge in [0, 0.05) is 43.0 Å². The van der Waals surface area contributed by atoms with Crippen LogP contribution in [0.25, 0.3) is 11.2 Å². The number of alkyl halides is 2. The first-order valence-corrected chi connectivity index (χ1v) is 12.4. The molecule has 34 heavy (non-hydrogen) atoms. The topological polar surface area (TPSA) is 78.6 Å². The van der Waals surface area contributed by atoms with Crippen molar-refractivity contribution in [3.05, 3.63) is 40.9 Å². The third-order valence-corrected chi connectivity index (χ3v) is 7.65. The van der Waals surface area contributed by atoms with E-state index in [1.54, 1.807) is 0 Å². The van der Waals surface area contributed by atoms with Crippen LogP contribution in [0.1, 0.15) is 104 Å². The molecule has 0 spiro atoms. The van der Waals surface area contributed by atoms with Crippen LogP contribution in [-0.4, -0.2) is 42.2 Å². The minimum atomic E-state index is -2.58. The normalized spacial score (nSPS) is 25.6. The fourth-order valence-corrected chi connectivity index (χ4v) is 5.25. The first-order chi connectivity index (χ1) is 16.4. The number of nitrogens with zero attached hydrogens (tertiary/aromatic N) is 6. The van der Waals surface area contributed by atoms with Gasteiger partial charge >= 0.3 is 0 Å². The van der Waals surface area contributed by atoms with Gasteiger partial charge in [-0.15, -0.1) is 0 Å². The van der Waals surface area contributed by atoms with Crippen molar-refractivity contribution in [3.63, 3.8) is 0 Å². The number of hydrogen-bond donors (Lipinski definition) is 0. The number of rotatable bonds is 4. The Bertz CT molecular complexity index is 1210. The summed E-state index contributed by atoms with van der Waals surface area (Å²) in [6.45, 7) is 4.46. The lowest BCUT2D eigenvalue weighted by atomic mass is 9.84. The Morgan fingerprint density at radius 1 is 0.941 bits per heavy atom. The molecule has 2 atom stereocenters. The zero-order chi connectivity index (χ0) is 23.4. The van der Waals surface area contributed by atoms with E-state index in [1.165, 1.54) is 12.8 Å². The van der Waals surface area contributed by atoms with Crippen LogP contribution in [0.5, 0.6) is 0 Å². The van der Waals surface area contributed by atoms with E-state index in [0.29, 0.717) is 36.7 Å². The van der Waals surface area contributed by atoms with Gasteiger partial charge in [-0.05, 0) is 52.4 Å². The molecule has 1 saturated heterocycles. The highest BCUT2D eigenvalue weighted by atomic mass is 19.3. The molecule has 3 aromatic heterocycles. The van der Waals surface area contributed by atoms with Crippen molar-refractivity contribution in [2.24, 2.45) is 0 Å². The Hall–Kier alpha value is -2.55. The summed E-state index contributed by atoms with van der Waals surface area (Å²) in [6, 6.07) is 0.535. The summed E-state index contributed by atoms with van der Waals surface area (Å²) < 4.78 is 35.9. The summed E-state index contributed by atoms with van der Waals surface area (Å²) in [5, 5.41) is 4.52. The molecular formula is C25H30F2N6O. The Morgan fingerprint density at radius 3 is 2.47 bits per heavy atom. The molecule has 0 bridgehead atoms. The average molecular weight is 469 g/mol. The molecule has 2 aliphatic carbocycles. The van der Waals surface area contributed by atoms with Crippen LogP contribution in [0.2, 0.25) is 0 Å². The Morgan fingerprint density at radius 2 is 1.71 bits per heavy atom. The molecule has 4 heterocycles. The van der Waals surface area contributed by atoms with Crippen molar-refractivity contribution < 1.29 is 13.5 Å². The maximum absolute atomic E-state index is 13.9. The SMILES string of the molecule is Cc1nc2nc(C3CCOC(c4cnn(C5CC5)c4)C3)nc(C3CCC(F)(F)CC3)c2nc1C. The van der Waals surface area contributed by atoms with Crippen LogP contribution in [-0.2, 0) is 4.74 Å². The van der Waals surface area contributed by atoms with Gasteiger partial charge in [-0.2, -0.15) is 5.10 Å². The van der Waals surface area contributed by atoms with E-state index in [4.69, 9.17) is 24.7 Å². The number of hydrogen-bond acceptors (Lipinski definition) is 6. The molecule has 2 saturated carbocycles. The Labute approximate surface area is 197 Å². The number of aromatic nitrogens is 6. The van der Waals surface area contributed by atoms with Crippen molar-refractivity contribution in [3.8, 4) is 0 Å². The second-order valence-electron chi connectivity index (χ2n) is 10.2. The molecule has 3 fully saturated rings. The van der Waals surface area contributed by atoms with Crippen molar-refractivity contribution in [2.75, 3.05) is 6.61 Å². The largest absolute Gasteiger partial charge is 0.373 e. The molecule has 7 nitrogen and oxygen atoms in total. The molecule has 180 valence electrons. The summed E-state index contributed by atoms with van der Waals surface area (Å²) >= 11 is 0. The molecule has 6 rings (SSSR count). The van der Waals surface area contributed by atoms with Crippen LogP contribution in [0.3, 0.4) is 0 Å². The maximum atomic E-state index is 13.9. The van der Waals surface area contributed by atoms with Crippen molar-refractivity contribution in [1.82, 2.24) is 29.7 Å². The highest BCUT2D eigenvalue weighted by molar-refractivity contribution is 5.73. The molecular weight excluding hydrogens is 438 g/mol. The van der Waals surface area contributed by atoms with Gasteiger partial charge in [0.05, 0.1) is 35.4 Å². The van der Waals surface area contributed by atoms with Crippen molar-refractivity contribution in [2.45, 2.75) is 95.1 Å². The predicted molar refractivity (Wildman–Crippen MR) is 122 cm³/mol. The molecule has 0 N–H and O–H groups in total. The molecule has 3 aliphatic rings. The molecule has 3 aromatic rings. The fraction of sp³-hybridized carbons (Fsp3) is 0.640. The second kappa shape index (κ2) is 8.29. The van der Waals surface area contributed by atoms with E-state index < -0.39 is 5.92 Å².